The van der Waals surface area contributed by atoms with E-state index < -0.39 is 0 Å². The highest BCUT2D eigenvalue weighted by Crippen LogP contribution is 2.26. The fraction of sp³-hybridized carbons (Fsp3) is 0.667. The molecule has 1 N–H and O–H groups in total. The summed E-state index contributed by atoms with van der Waals surface area (Å²) in [5, 5.41) is 3.42. The van der Waals surface area contributed by atoms with E-state index in [2.05, 4.69) is 36.4 Å². The smallest absolute Gasteiger partial charge is 0.0406 e. The van der Waals surface area contributed by atoms with E-state index in [1.807, 2.05) is 6.20 Å². The third kappa shape index (κ3) is 3.53. The van der Waals surface area contributed by atoms with Gasteiger partial charge in [-0.05, 0) is 56.7 Å². The first-order valence-corrected chi connectivity index (χ1v) is 6.93. The molecule has 0 saturated heterocycles. The van der Waals surface area contributed by atoms with E-state index in [1.165, 1.54) is 36.9 Å². The van der Waals surface area contributed by atoms with Gasteiger partial charge in [0.05, 0.1) is 0 Å². The highest BCUT2D eigenvalue weighted by Gasteiger charge is 2.21. The maximum absolute atomic E-state index is 4.57. The molecule has 2 nitrogen and oxygen atoms in total. The van der Waals surface area contributed by atoms with Crippen LogP contribution in [0.1, 0.15) is 43.9 Å². The van der Waals surface area contributed by atoms with Crippen LogP contribution in [0.25, 0.3) is 0 Å². The van der Waals surface area contributed by atoms with Crippen LogP contribution in [0.2, 0.25) is 0 Å². The molecule has 1 fully saturated rings. The van der Waals surface area contributed by atoms with Crippen LogP contribution in [0.4, 0.5) is 0 Å². The summed E-state index contributed by atoms with van der Waals surface area (Å²) in [6, 6.07) is 5.16. The van der Waals surface area contributed by atoms with Crippen LogP contribution >= 0.6 is 0 Å². The lowest BCUT2D eigenvalue weighted by Crippen LogP contribution is -2.32. The summed E-state index contributed by atoms with van der Waals surface area (Å²) >= 11 is 0. The van der Waals surface area contributed by atoms with Gasteiger partial charge in [-0.1, -0.05) is 19.4 Å². The molecule has 0 amide bonds. The minimum absolute atomic E-state index is 0.726. The van der Waals surface area contributed by atoms with Crippen LogP contribution in [0.5, 0.6) is 0 Å². The van der Waals surface area contributed by atoms with Gasteiger partial charge in [-0.15, -0.1) is 0 Å². The van der Waals surface area contributed by atoms with Crippen molar-refractivity contribution in [2.45, 2.75) is 51.5 Å². The van der Waals surface area contributed by atoms with Crippen molar-refractivity contribution in [1.82, 2.24) is 10.3 Å². The van der Waals surface area contributed by atoms with Gasteiger partial charge in [0, 0.05) is 17.9 Å². The van der Waals surface area contributed by atoms with Crippen molar-refractivity contribution in [3.63, 3.8) is 0 Å². The Bertz CT molecular complexity index is 331. The predicted molar refractivity (Wildman–Crippen MR) is 72.1 cm³/mol. The predicted octanol–water partition coefficient (Wildman–Crippen LogP) is 2.96. The molecule has 1 aromatic heterocycles. The maximum atomic E-state index is 4.57. The highest BCUT2D eigenvalue weighted by molar-refractivity contribution is 5.14. The Morgan fingerprint density at radius 3 is 2.88 bits per heavy atom. The van der Waals surface area contributed by atoms with Gasteiger partial charge in [0.1, 0.15) is 0 Å². The molecular formula is C15H24N2. The lowest BCUT2D eigenvalue weighted by atomic mass is 9.83. The molecule has 1 aromatic rings. The fourth-order valence-electron chi connectivity index (χ4n) is 2.82. The standard InChI is InChI=1S/C15H24N2/c1-3-12-7-8-15(17-11-12)10-13-5-4-6-14(9-13)16-2/h7-8,11,13-14,16H,3-6,9-10H2,1-2H3. The van der Waals surface area contributed by atoms with Gasteiger partial charge in [-0.3, -0.25) is 4.98 Å². The maximum Gasteiger partial charge on any atom is 0.0406 e. The van der Waals surface area contributed by atoms with Crippen LogP contribution in [0.15, 0.2) is 18.3 Å². The molecule has 1 saturated carbocycles. The summed E-state index contributed by atoms with van der Waals surface area (Å²) < 4.78 is 0. The number of hydrogen-bond donors (Lipinski definition) is 1. The normalized spacial score (nSPS) is 24.8. The molecule has 2 heteroatoms. The number of pyridine rings is 1. The van der Waals surface area contributed by atoms with Crippen molar-refractivity contribution >= 4 is 0 Å². The number of aromatic nitrogens is 1. The van der Waals surface area contributed by atoms with Crippen molar-refractivity contribution < 1.29 is 0 Å². The number of hydrogen-bond acceptors (Lipinski definition) is 2. The van der Waals surface area contributed by atoms with Gasteiger partial charge in [0.15, 0.2) is 0 Å². The van der Waals surface area contributed by atoms with Crippen molar-refractivity contribution in [3.05, 3.63) is 29.6 Å². The zero-order valence-electron chi connectivity index (χ0n) is 11.1. The summed E-state index contributed by atoms with van der Waals surface area (Å²) in [6.45, 7) is 2.18. The fourth-order valence-corrected chi connectivity index (χ4v) is 2.82. The van der Waals surface area contributed by atoms with E-state index >= 15 is 0 Å². The topological polar surface area (TPSA) is 24.9 Å². The van der Waals surface area contributed by atoms with Gasteiger partial charge >= 0.3 is 0 Å². The second-order valence-electron chi connectivity index (χ2n) is 5.23. The molecule has 2 unspecified atom stereocenters. The number of rotatable bonds is 4. The van der Waals surface area contributed by atoms with Crippen LogP contribution in [0.3, 0.4) is 0 Å². The van der Waals surface area contributed by atoms with Gasteiger partial charge in [0.2, 0.25) is 0 Å². The molecule has 1 aliphatic carbocycles. The van der Waals surface area contributed by atoms with Crippen LogP contribution in [0, 0.1) is 5.92 Å². The Balaban J connectivity index is 1.90. The first-order valence-electron chi connectivity index (χ1n) is 6.93. The Morgan fingerprint density at radius 2 is 2.24 bits per heavy atom. The molecule has 1 heterocycles. The Morgan fingerprint density at radius 1 is 1.35 bits per heavy atom. The molecule has 0 aliphatic heterocycles. The van der Waals surface area contributed by atoms with E-state index in [0.717, 1.165) is 24.8 Å². The molecule has 0 spiro atoms. The molecule has 0 bridgehead atoms. The molecule has 1 aliphatic rings. The van der Waals surface area contributed by atoms with E-state index in [0.29, 0.717) is 0 Å². The number of aryl methyl sites for hydroxylation is 1. The second kappa shape index (κ2) is 6.15. The molecule has 0 aromatic carbocycles. The van der Waals surface area contributed by atoms with Crippen LogP contribution in [-0.2, 0) is 12.8 Å². The van der Waals surface area contributed by atoms with E-state index in [-0.39, 0.29) is 0 Å². The molecule has 2 atom stereocenters. The first-order chi connectivity index (χ1) is 8.31. The molecule has 0 radical (unpaired) electrons. The lowest BCUT2D eigenvalue weighted by Gasteiger charge is -2.28. The van der Waals surface area contributed by atoms with Crippen molar-refractivity contribution in [3.8, 4) is 0 Å². The molecule has 17 heavy (non-hydrogen) atoms. The minimum atomic E-state index is 0.726. The Hall–Kier alpha value is -0.890. The third-order valence-corrected chi connectivity index (χ3v) is 3.98. The van der Waals surface area contributed by atoms with Crippen molar-refractivity contribution in [1.29, 1.82) is 0 Å². The minimum Gasteiger partial charge on any atom is -0.317 e. The average Bonchev–Trinajstić information content (AvgIpc) is 2.40. The number of nitrogens with one attached hydrogen (secondary N) is 1. The lowest BCUT2D eigenvalue weighted by molar-refractivity contribution is 0.293. The average molecular weight is 232 g/mol. The molecule has 94 valence electrons. The molecule has 2 rings (SSSR count). The first kappa shape index (κ1) is 12.6. The van der Waals surface area contributed by atoms with E-state index in [4.69, 9.17) is 0 Å². The summed E-state index contributed by atoms with van der Waals surface area (Å²) in [5.74, 6) is 0.821. The summed E-state index contributed by atoms with van der Waals surface area (Å²) in [7, 11) is 2.08. The SMILES string of the molecule is CCc1ccc(CC2CCCC(NC)C2)nc1. The summed E-state index contributed by atoms with van der Waals surface area (Å²) in [6.07, 6.45) is 9.66. The second-order valence-corrected chi connectivity index (χ2v) is 5.23. The van der Waals surface area contributed by atoms with Gasteiger partial charge in [-0.25, -0.2) is 0 Å². The highest BCUT2D eigenvalue weighted by atomic mass is 14.9. The number of nitrogens with zero attached hydrogens (tertiary/aromatic N) is 1. The van der Waals surface area contributed by atoms with Crippen LogP contribution < -0.4 is 5.32 Å². The van der Waals surface area contributed by atoms with Gasteiger partial charge in [0.25, 0.3) is 0 Å². The van der Waals surface area contributed by atoms with E-state index in [9.17, 15) is 0 Å². The Kier molecular flexibility index (Phi) is 4.55. The quantitative estimate of drug-likeness (QED) is 0.863. The van der Waals surface area contributed by atoms with Gasteiger partial charge in [-0.2, -0.15) is 0 Å². The van der Waals surface area contributed by atoms with Crippen molar-refractivity contribution in [2.75, 3.05) is 7.05 Å². The zero-order valence-corrected chi connectivity index (χ0v) is 11.1. The zero-order chi connectivity index (χ0) is 12.1. The molecular weight excluding hydrogens is 208 g/mol. The van der Waals surface area contributed by atoms with Crippen LogP contribution in [-0.4, -0.2) is 18.1 Å². The summed E-state index contributed by atoms with van der Waals surface area (Å²) in [5.41, 5.74) is 2.61. The largest absolute Gasteiger partial charge is 0.317 e. The van der Waals surface area contributed by atoms with E-state index in [1.54, 1.807) is 0 Å². The van der Waals surface area contributed by atoms with Crippen molar-refractivity contribution in [2.24, 2.45) is 5.92 Å². The summed E-state index contributed by atoms with van der Waals surface area (Å²) in [4.78, 5) is 4.57. The van der Waals surface area contributed by atoms with Gasteiger partial charge < -0.3 is 5.32 Å². The monoisotopic (exact) mass is 232 g/mol. The Labute approximate surface area is 105 Å². The third-order valence-electron chi connectivity index (χ3n) is 3.98.